The van der Waals surface area contributed by atoms with Crippen molar-refractivity contribution in [3.8, 4) is 5.75 Å². The highest BCUT2D eigenvalue weighted by molar-refractivity contribution is 5.36. The van der Waals surface area contributed by atoms with Crippen LogP contribution in [0.2, 0.25) is 0 Å². The van der Waals surface area contributed by atoms with E-state index >= 15 is 0 Å². The van der Waals surface area contributed by atoms with Crippen LogP contribution in [0.15, 0.2) is 36.5 Å². The standard InChI is InChI=1S/C14H12F4N2O/c1-21-11-4-2-3-9(12(11)15)13(19)10-6-5-8(7-20-10)14(16,17)18/h2-7,13H,19H2,1H3. The zero-order valence-electron chi connectivity index (χ0n) is 11.0. The summed E-state index contributed by atoms with van der Waals surface area (Å²) in [6, 6.07) is 5.41. The fourth-order valence-corrected chi connectivity index (χ4v) is 1.84. The van der Waals surface area contributed by atoms with Crippen LogP contribution in [0.25, 0.3) is 0 Å². The number of benzene rings is 1. The third-order valence-corrected chi connectivity index (χ3v) is 2.98. The Bertz CT molecular complexity index is 626. The smallest absolute Gasteiger partial charge is 0.417 e. The van der Waals surface area contributed by atoms with Crippen molar-refractivity contribution in [2.75, 3.05) is 7.11 Å². The van der Waals surface area contributed by atoms with Gasteiger partial charge in [0.05, 0.1) is 24.4 Å². The molecule has 0 fully saturated rings. The molecular weight excluding hydrogens is 288 g/mol. The van der Waals surface area contributed by atoms with E-state index in [1.807, 2.05) is 0 Å². The molecule has 3 nitrogen and oxygen atoms in total. The maximum atomic E-state index is 14.1. The van der Waals surface area contributed by atoms with Gasteiger partial charge in [-0.25, -0.2) is 4.39 Å². The Hall–Kier alpha value is -2.15. The van der Waals surface area contributed by atoms with Gasteiger partial charge in [-0.3, -0.25) is 4.98 Å². The van der Waals surface area contributed by atoms with Gasteiger partial charge in [-0.15, -0.1) is 0 Å². The van der Waals surface area contributed by atoms with Gasteiger partial charge in [0.25, 0.3) is 0 Å². The minimum atomic E-state index is -4.48. The second-order valence-electron chi connectivity index (χ2n) is 4.31. The first-order chi connectivity index (χ1) is 9.84. The SMILES string of the molecule is COc1cccc(C(N)c2ccc(C(F)(F)F)cn2)c1F. The summed E-state index contributed by atoms with van der Waals surface area (Å²) in [6.45, 7) is 0. The quantitative estimate of drug-likeness (QED) is 0.885. The van der Waals surface area contributed by atoms with Crippen molar-refractivity contribution in [2.45, 2.75) is 12.2 Å². The molecule has 2 rings (SSSR count). The number of pyridine rings is 1. The molecule has 1 aromatic heterocycles. The van der Waals surface area contributed by atoms with Crippen LogP contribution in [-0.4, -0.2) is 12.1 Å². The first-order valence-electron chi connectivity index (χ1n) is 5.95. The molecule has 0 saturated carbocycles. The highest BCUT2D eigenvalue weighted by Crippen LogP contribution is 2.30. The Labute approximate surface area is 118 Å². The Morgan fingerprint density at radius 3 is 2.43 bits per heavy atom. The topological polar surface area (TPSA) is 48.1 Å². The van der Waals surface area contributed by atoms with Gasteiger partial charge in [-0.1, -0.05) is 12.1 Å². The van der Waals surface area contributed by atoms with E-state index < -0.39 is 23.6 Å². The molecule has 112 valence electrons. The molecule has 2 N–H and O–H groups in total. The third kappa shape index (κ3) is 3.13. The van der Waals surface area contributed by atoms with E-state index in [1.54, 1.807) is 6.07 Å². The van der Waals surface area contributed by atoms with Crippen molar-refractivity contribution in [2.24, 2.45) is 5.73 Å². The number of alkyl halides is 3. The largest absolute Gasteiger partial charge is 0.494 e. The van der Waals surface area contributed by atoms with Gasteiger partial charge < -0.3 is 10.5 Å². The number of hydrogen-bond donors (Lipinski definition) is 1. The molecular formula is C14H12F4N2O. The second-order valence-corrected chi connectivity index (χ2v) is 4.31. The van der Waals surface area contributed by atoms with E-state index in [2.05, 4.69) is 4.98 Å². The van der Waals surface area contributed by atoms with Gasteiger partial charge in [0.15, 0.2) is 11.6 Å². The third-order valence-electron chi connectivity index (χ3n) is 2.98. The average Bonchev–Trinajstić information content (AvgIpc) is 2.46. The van der Waals surface area contributed by atoms with Crippen molar-refractivity contribution in [3.05, 3.63) is 59.2 Å². The number of hydrogen-bond acceptors (Lipinski definition) is 3. The van der Waals surface area contributed by atoms with E-state index in [4.69, 9.17) is 10.5 Å². The van der Waals surface area contributed by atoms with Gasteiger partial charge >= 0.3 is 6.18 Å². The number of nitrogens with two attached hydrogens (primary N) is 1. The Kier molecular flexibility index (Phi) is 4.13. The molecule has 1 atom stereocenters. The van der Waals surface area contributed by atoms with Crippen molar-refractivity contribution >= 4 is 0 Å². The number of ether oxygens (including phenoxy) is 1. The zero-order valence-corrected chi connectivity index (χ0v) is 11.0. The van der Waals surface area contributed by atoms with Gasteiger partial charge in [-0.2, -0.15) is 13.2 Å². The summed E-state index contributed by atoms with van der Waals surface area (Å²) in [4.78, 5) is 3.67. The average molecular weight is 300 g/mol. The van der Waals surface area contributed by atoms with E-state index in [9.17, 15) is 17.6 Å². The lowest BCUT2D eigenvalue weighted by Gasteiger charge is -2.15. The lowest BCUT2D eigenvalue weighted by molar-refractivity contribution is -0.137. The zero-order chi connectivity index (χ0) is 15.6. The highest BCUT2D eigenvalue weighted by Gasteiger charge is 2.31. The Morgan fingerprint density at radius 1 is 1.19 bits per heavy atom. The maximum absolute atomic E-state index is 14.1. The highest BCUT2D eigenvalue weighted by atomic mass is 19.4. The fraction of sp³-hybridized carbons (Fsp3) is 0.214. The molecule has 2 aromatic rings. The van der Waals surface area contributed by atoms with Crippen molar-refractivity contribution in [3.63, 3.8) is 0 Å². The monoisotopic (exact) mass is 300 g/mol. The summed E-state index contributed by atoms with van der Waals surface area (Å²) in [5.74, 6) is -0.649. The normalized spacial score (nSPS) is 13.0. The minimum Gasteiger partial charge on any atom is -0.494 e. The molecule has 0 aliphatic heterocycles. The van der Waals surface area contributed by atoms with Crippen LogP contribution in [0.3, 0.4) is 0 Å². The summed E-state index contributed by atoms with van der Waals surface area (Å²) < 4.78 is 56.3. The molecule has 7 heteroatoms. The molecule has 1 heterocycles. The number of aromatic nitrogens is 1. The molecule has 1 unspecified atom stereocenters. The molecule has 21 heavy (non-hydrogen) atoms. The summed E-state index contributed by atoms with van der Waals surface area (Å²) in [5.41, 5.74) is 5.21. The molecule has 0 aliphatic rings. The van der Waals surface area contributed by atoms with Crippen LogP contribution in [0, 0.1) is 5.82 Å². The molecule has 0 radical (unpaired) electrons. The summed E-state index contributed by atoms with van der Waals surface area (Å²) in [6.07, 6.45) is -3.80. The van der Waals surface area contributed by atoms with E-state index in [-0.39, 0.29) is 17.0 Å². The number of methoxy groups -OCH3 is 1. The number of nitrogens with zero attached hydrogens (tertiary/aromatic N) is 1. The van der Waals surface area contributed by atoms with Crippen molar-refractivity contribution in [1.29, 1.82) is 0 Å². The fourth-order valence-electron chi connectivity index (χ4n) is 1.84. The van der Waals surface area contributed by atoms with Gasteiger partial charge in [-0.05, 0) is 18.2 Å². The van der Waals surface area contributed by atoms with Crippen LogP contribution in [0.4, 0.5) is 17.6 Å². The van der Waals surface area contributed by atoms with E-state index in [0.717, 1.165) is 12.1 Å². The first-order valence-corrected chi connectivity index (χ1v) is 5.95. The Morgan fingerprint density at radius 2 is 1.90 bits per heavy atom. The van der Waals surface area contributed by atoms with Gasteiger partial charge in [0.2, 0.25) is 0 Å². The molecule has 1 aromatic carbocycles. The summed E-state index contributed by atoms with van der Waals surface area (Å²) >= 11 is 0. The lowest BCUT2D eigenvalue weighted by atomic mass is 10.0. The van der Waals surface area contributed by atoms with Crippen molar-refractivity contribution < 1.29 is 22.3 Å². The van der Waals surface area contributed by atoms with Crippen LogP contribution in [0.5, 0.6) is 5.75 Å². The van der Waals surface area contributed by atoms with Crippen LogP contribution in [0.1, 0.15) is 22.9 Å². The Balaban J connectivity index is 2.34. The number of rotatable bonds is 3. The molecule has 0 spiro atoms. The molecule has 0 saturated heterocycles. The van der Waals surface area contributed by atoms with E-state index in [0.29, 0.717) is 6.20 Å². The molecule has 0 aliphatic carbocycles. The van der Waals surface area contributed by atoms with Crippen LogP contribution in [-0.2, 0) is 6.18 Å². The summed E-state index contributed by atoms with van der Waals surface area (Å²) in [5, 5.41) is 0. The number of halogens is 4. The van der Waals surface area contributed by atoms with Gasteiger partial charge in [0, 0.05) is 11.8 Å². The van der Waals surface area contributed by atoms with E-state index in [1.165, 1.54) is 19.2 Å². The second kappa shape index (κ2) is 5.69. The predicted octanol–water partition coefficient (Wildman–Crippen LogP) is 3.30. The van der Waals surface area contributed by atoms with Crippen molar-refractivity contribution in [1.82, 2.24) is 4.98 Å². The van der Waals surface area contributed by atoms with Crippen LogP contribution < -0.4 is 10.5 Å². The molecule has 0 bridgehead atoms. The van der Waals surface area contributed by atoms with Crippen LogP contribution >= 0.6 is 0 Å². The maximum Gasteiger partial charge on any atom is 0.417 e. The first kappa shape index (κ1) is 15.2. The molecule has 0 amide bonds. The summed E-state index contributed by atoms with van der Waals surface area (Å²) in [7, 11) is 1.31. The lowest BCUT2D eigenvalue weighted by Crippen LogP contribution is -2.16. The minimum absolute atomic E-state index is 0.00913. The predicted molar refractivity (Wildman–Crippen MR) is 68.2 cm³/mol. The van der Waals surface area contributed by atoms with Gasteiger partial charge in [0.1, 0.15) is 0 Å².